The molecular formula is C16H21N3O3. The summed E-state index contributed by atoms with van der Waals surface area (Å²) in [5.74, 6) is -0.337. The maximum atomic E-state index is 12.0. The van der Waals surface area contributed by atoms with Gasteiger partial charge in [-0.05, 0) is 12.0 Å². The summed E-state index contributed by atoms with van der Waals surface area (Å²) in [6.45, 7) is 2.94. The van der Waals surface area contributed by atoms with Crippen molar-refractivity contribution in [2.45, 2.75) is 32.3 Å². The van der Waals surface area contributed by atoms with E-state index in [4.69, 9.17) is 4.84 Å². The lowest BCUT2D eigenvalue weighted by Crippen LogP contribution is -2.34. The fourth-order valence-electron chi connectivity index (χ4n) is 2.10. The molecule has 1 aromatic carbocycles. The molecule has 0 aromatic heterocycles. The summed E-state index contributed by atoms with van der Waals surface area (Å²) < 4.78 is 0. The number of nitrogens with one attached hydrogen (secondary N) is 2. The maximum absolute atomic E-state index is 12.0. The van der Waals surface area contributed by atoms with Crippen LogP contribution < -0.4 is 10.6 Å². The van der Waals surface area contributed by atoms with Gasteiger partial charge < -0.3 is 15.5 Å². The first-order valence-corrected chi connectivity index (χ1v) is 7.53. The molecule has 0 unspecified atom stereocenters. The standard InChI is InChI=1S/C16H21N3O3/c1-2-9-17-15(20)8-10-18-16(21)13-11-14(22-19-13)12-6-4-3-5-7-12/h3-7,14H,2,8-11H2,1H3,(H,17,20)(H,18,21)/t14-/m1/s1. The lowest BCUT2D eigenvalue weighted by atomic mass is 10.0. The molecule has 6 nitrogen and oxygen atoms in total. The monoisotopic (exact) mass is 303 g/mol. The van der Waals surface area contributed by atoms with E-state index in [9.17, 15) is 9.59 Å². The van der Waals surface area contributed by atoms with Gasteiger partial charge in [0.1, 0.15) is 5.71 Å². The number of amides is 2. The summed E-state index contributed by atoms with van der Waals surface area (Å²) in [5, 5.41) is 9.30. The van der Waals surface area contributed by atoms with Crippen LogP contribution in [0.2, 0.25) is 0 Å². The summed E-state index contributed by atoms with van der Waals surface area (Å²) in [6.07, 6.45) is 1.39. The van der Waals surface area contributed by atoms with Gasteiger partial charge in [-0.25, -0.2) is 0 Å². The molecule has 2 amide bonds. The van der Waals surface area contributed by atoms with Crippen LogP contribution in [0.3, 0.4) is 0 Å². The van der Waals surface area contributed by atoms with Crippen LogP contribution in [0.1, 0.15) is 37.9 Å². The Balaban J connectivity index is 1.72. The van der Waals surface area contributed by atoms with Gasteiger partial charge in [0.25, 0.3) is 5.91 Å². The summed E-state index contributed by atoms with van der Waals surface area (Å²) in [4.78, 5) is 28.7. The number of carbonyl (C=O) groups excluding carboxylic acids is 2. The number of hydrogen-bond donors (Lipinski definition) is 2. The molecule has 2 N–H and O–H groups in total. The van der Waals surface area contributed by atoms with Crippen molar-refractivity contribution >= 4 is 17.5 Å². The molecule has 1 aliphatic heterocycles. The highest BCUT2D eigenvalue weighted by Gasteiger charge is 2.26. The number of hydrogen-bond acceptors (Lipinski definition) is 4. The number of oxime groups is 1. The summed E-state index contributed by atoms with van der Waals surface area (Å²) in [7, 11) is 0. The second-order valence-corrected chi connectivity index (χ2v) is 5.10. The van der Waals surface area contributed by atoms with Crippen molar-refractivity contribution in [3.63, 3.8) is 0 Å². The van der Waals surface area contributed by atoms with Gasteiger partial charge in [-0.3, -0.25) is 9.59 Å². The molecule has 1 atom stereocenters. The average Bonchev–Trinajstić information content (AvgIpc) is 3.04. The summed E-state index contributed by atoms with van der Waals surface area (Å²) in [6, 6.07) is 9.66. The van der Waals surface area contributed by atoms with Gasteiger partial charge in [0.2, 0.25) is 5.91 Å². The molecule has 0 saturated carbocycles. The minimum absolute atomic E-state index is 0.0612. The number of benzene rings is 1. The normalized spacial score (nSPS) is 16.6. The van der Waals surface area contributed by atoms with Crippen LogP contribution in [0, 0.1) is 0 Å². The minimum atomic E-state index is -0.276. The molecule has 0 saturated heterocycles. The number of rotatable bonds is 7. The lowest BCUT2D eigenvalue weighted by Gasteiger charge is -2.07. The second-order valence-electron chi connectivity index (χ2n) is 5.10. The average molecular weight is 303 g/mol. The Morgan fingerprint density at radius 1 is 1.23 bits per heavy atom. The SMILES string of the molecule is CCCNC(=O)CCNC(=O)C1=NO[C@@H](c2ccccc2)C1. The van der Waals surface area contributed by atoms with Gasteiger partial charge in [-0.15, -0.1) is 0 Å². The molecule has 6 heteroatoms. The fraction of sp³-hybridized carbons (Fsp3) is 0.438. The van der Waals surface area contributed by atoms with Crippen LogP contribution in [0.25, 0.3) is 0 Å². The van der Waals surface area contributed by atoms with Crippen LogP contribution >= 0.6 is 0 Å². The van der Waals surface area contributed by atoms with Crippen molar-refractivity contribution < 1.29 is 14.4 Å². The van der Waals surface area contributed by atoms with Crippen molar-refractivity contribution in [1.82, 2.24) is 10.6 Å². The number of carbonyl (C=O) groups is 2. The largest absolute Gasteiger partial charge is 0.387 e. The number of nitrogens with zero attached hydrogens (tertiary/aromatic N) is 1. The summed E-state index contributed by atoms with van der Waals surface area (Å²) >= 11 is 0. The molecule has 1 heterocycles. The molecule has 0 aliphatic carbocycles. The molecule has 0 radical (unpaired) electrons. The van der Waals surface area contributed by atoms with Crippen molar-refractivity contribution in [3.8, 4) is 0 Å². The predicted octanol–water partition coefficient (Wildman–Crippen LogP) is 1.54. The van der Waals surface area contributed by atoms with Gasteiger partial charge in [0.15, 0.2) is 6.10 Å². The molecule has 1 aromatic rings. The Morgan fingerprint density at radius 2 is 2.00 bits per heavy atom. The van der Waals surface area contributed by atoms with Crippen molar-refractivity contribution in [2.24, 2.45) is 5.16 Å². The topological polar surface area (TPSA) is 79.8 Å². The predicted molar refractivity (Wildman–Crippen MR) is 83.2 cm³/mol. The fourth-order valence-corrected chi connectivity index (χ4v) is 2.10. The molecule has 22 heavy (non-hydrogen) atoms. The zero-order valence-electron chi connectivity index (χ0n) is 12.7. The third-order valence-electron chi connectivity index (χ3n) is 3.31. The van der Waals surface area contributed by atoms with Crippen LogP contribution in [-0.4, -0.2) is 30.6 Å². The van der Waals surface area contributed by atoms with Gasteiger partial charge >= 0.3 is 0 Å². The van der Waals surface area contributed by atoms with E-state index in [1.54, 1.807) is 0 Å². The van der Waals surface area contributed by atoms with Gasteiger partial charge in [-0.1, -0.05) is 42.4 Å². The first-order valence-electron chi connectivity index (χ1n) is 7.53. The maximum Gasteiger partial charge on any atom is 0.269 e. The van der Waals surface area contributed by atoms with E-state index in [1.165, 1.54) is 0 Å². The molecule has 0 bridgehead atoms. The molecular weight excluding hydrogens is 282 g/mol. The third-order valence-corrected chi connectivity index (χ3v) is 3.31. The quantitative estimate of drug-likeness (QED) is 0.802. The minimum Gasteiger partial charge on any atom is -0.387 e. The van der Waals surface area contributed by atoms with Crippen LogP contribution in [0.15, 0.2) is 35.5 Å². The highest BCUT2D eigenvalue weighted by molar-refractivity contribution is 6.39. The zero-order valence-corrected chi connectivity index (χ0v) is 12.7. The molecule has 1 aliphatic rings. The van der Waals surface area contributed by atoms with E-state index >= 15 is 0 Å². The molecule has 0 spiro atoms. The molecule has 2 rings (SSSR count). The first kappa shape index (κ1) is 16.0. The Kier molecular flexibility index (Phi) is 5.94. The smallest absolute Gasteiger partial charge is 0.269 e. The van der Waals surface area contributed by atoms with Crippen molar-refractivity contribution in [2.75, 3.05) is 13.1 Å². The lowest BCUT2D eigenvalue weighted by molar-refractivity contribution is -0.121. The highest BCUT2D eigenvalue weighted by Crippen LogP contribution is 2.26. The van der Waals surface area contributed by atoms with Crippen molar-refractivity contribution in [3.05, 3.63) is 35.9 Å². The first-order chi connectivity index (χ1) is 10.7. The summed E-state index contributed by atoms with van der Waals surface area (Å²) in [5.41, 5.74) is 1.36. The third kappa shape index (κ3) is 4.58. The Bertz CT molecular complexity index is 543. The molecule has 118 valence electrons. The Morgan fingerprint density at radius 3 is 2.73 bits per heavy atom. The van der Waals surface area contributed by atoms with E-state index < -0.39 is 0 Å². The second kappa shape index (κ2) is 8.17. The van der Waals surface area contributed by atoms with Gasteiger partial charge in [-0.2, -0.15) is 0 Å². The van der Waals surface area contributed by atoms with Gasteiger partial charge in [0.05, 0.1) is 0 Å². The zero-order chi connectivity index (χ0) is 15.8. The van der Waals surface area contributed by atoms with Crippen molar-refractivity contribution in [1.29, 1.82) is 0 Å². The Hall–Kier alpha value is -2.37. The van der Waals surface area contributed by atoms with Crippen LogP contribution in [0.5, 0.6) is 0 Å². The van der Waals surface area contributed by atoms with E-state index in [0.717, 1.165) is 12.0 Å². The van der Waals surface area contributed by atoms with Crippen LogP contribution in [0.4, 0.5) is 0 Å². The van der Waals surface area contributed by atoms with Crippen LogP contribution in [-0.2, 0) is 14.4 Å². The van der Waals surface area contributed by atoms with E-state index in [2.05, 4.69) is 15.8 Å². The van der Waals surface area contributed by atoms with E-state index in [-0.39, 0.29) is 24.3 Å². The van der Waals surface area contributed by atoms with Gasteiger partial charge in [0, 0.05) is 25.9 Å². The van der Waals surface area contributed by atoms with E-state index in [0.29, 0.717) is 25.2 Å². The Labute approximate surface area is 129 Å². The molecule has 0 fully saturated rings. The van der Waals surface area contributed by atoms with E-state index in [1.807, 2.05) is 37.3 Å². The highest BCUT2D eigenvalue weighted by atomic mass is 16.6.